The fourth-order valence-electron chi connectivity index (χ4n) is 2.66. The number of amides is 2. The quantitative estimate of drug-likeness (QED) is 0.367. The van der Waals surface area contributed by atoms with Crippen molar-refractivity contribution >= 4 is 18.0 Å². The number of hydrazone groups is 1. The summed E-state index contributed by atoms with van der Waals surface area (Å²) in [4.78, 5) is 25.0. The lowest BCUT2D eigenvalue weighted by atomic mass is 10.0. The van der Waals surface area contributed by atoms with E-state index in [1.807, 2.05) is 0 Å². The van der Waals surface area contributed by atoms with Gasteiger partial charge in [0.25, 0.3) is 11.8 Å². The maximum absolute atomic E-state index is 13.1. The topological polar surface area (TPSA) is 89.0 Å². The first-order valence-corrected chi connectivity index (χ1v) is 9.50. The highest BCUT2D eigenvalue weighted by Crippen LogP contribution is 2.29. The van der Waals surface area contributed by atoms with Gasteiger partial charge in [-0.3, -0.25) is 9.59 Å². The van der Waals surface area contributed by atoms with Crippen LogP contribution in [-0.2, 0) is 4.79 Å². The van der Waals surface area contributed by atoms with E-state index in [0.29, 0.717) is 17.1 Å². The molecule has 2 rings (SSSR count). The average molecular weight is 425 g/mol. The molecule has 1 unspecified atom stereocenters. The van der Waals surface area contributed by atoms with Crippen molar-refractivity contribution in [3.8, 4) is 23.8 Å². The van der Waals surface area contributed by atoms with Gasteiger partial charge in [0.05, 0.1) is 13.3 Å². The second-order valence-electron chi connectivity index (χ2n) is 6.81. The van der Waals surface area contributed by atoms with E-state index in [-0.39, 0.29) is 18.1 Å². The van der Waals surface area contributed by atoms with E-state index < -0.39 is 23.7 Å². The molecule has 2 N–H and O–H groups in total. The Kier molecular flexibility index (Phi) is 8.58. The molecule has 31 heavy (non-hydrogen) atoms. The lowest BCUT2D eigenvalue weighted by molar-refractivity contribution is -0.123. The molecule has 2 amide bonds. The van der Waals surface area contributed by atoms with Gasteiger partial charge in [-0.25, -0.2) is 9.82 Å². The number of rotatable bonds is 9. The van der Waals surface area contributed by atoms with Gasteiger partial charge in [0.15, 0.2) is 11.5 Å². The van der Waals surface area contributed by atoms with E-state index in [1.54, 1.807) is 32.0 Å². The van der Waals surface area contributed by atoms with E-state index in [4.69, 9.17) is 15.9 Å². The normalized spacial score (nSPS) is 11.6. The van der Waals surface area contributed by atoms with Gasteiger partial charge in [0.2, 0.25) is 0 Å². The zero-order chi connectivity index (χ0) is 22.8. The molecule has 0 saturated heterocycles. The Morgan fingerprint density at radius 3 is 2.55 bits per heavy atom. The van der Waals surface area contributed by atoms with Gasteiger partial charge in [-0.05, 0) is 42.3 Å². The van der Waals surface area contributed by atoms with E-state index in [0.717, 1.165) is 0 Å². The summed E-state index contributed by atoms with van der Waals surface area (Å²) in [7, 11) is 1.50. The fraction of sp³-hybridized carbons (Fsp3) is 0.261. The third-order valence-electron chi connectivity index (χ3n) is 4.25. The highest BCUT2D eigenvalue weighted by atomic mass is 19.1. The largest absolute Gasteiger partial charge is 0.493 e. The second kappa shape index (κ2) is 11.4. The lowest BCUT2D eigenvalue weighted by Crippen LogP contribution is -2.48. The average Bonchev–Trinajstić information content (AvgIpc) is 2.76. The predicted molar refractivity (Wildman–Crippen MR) is 116 cm³/mol. The lowest BCUT2D eigenvalue weighted by Gasteiger charge is -2.20. The molecule has 1 atom stereocenters. The Bertz CT molecular complexity index is 981. The third kappa shape index (κ3) is 6.57. The number of carbonyl (C=O) groups is 2. The summed E-state index contributed by atoms with van der Waals surface area (Å²) >= 11 is 0. The maximum Gasteiger partial charge on any atom is 0.262 e. The van der Waals surface area contributed by atoms with Crippen LogP contribution in [0, 0.1) is 24.1 Å². The molecule has 7 nitrogen and oxygen atoms in total. The number of ether oxygens (including phenoxy) is 2. The number of hydrogen-bond donors (Lipinski definition) is 2. The van der Waals surface area contributed by atoms with E-state index in [9.17, 15) is 14.0 Å². The first kappa shape index (κ1) is 23.4. The molecule has 162 valence electrons. The fourth-order valence-corrected chi connectivity index (χ4v) is 2.66. The minimum atomic E-state index is -0.850. The molecular formula is C23H24FN3O4. The highest BCUT2D eigenvalue weighted by Gasteiger charge is 2.24. The van der Waals surface area contributed by atoms with E-state index in [2.05, 4.69) is 21.8 Å². The summed E-state index contributed by atoms with van der Waals surface area (Å²) in [5.74, 6) is 1.58. The second-order valence-corrected chi connectivity index (χ2v) is 6.81. The van der Waals surface area contributed by atoms with Crippen LogP contribution in [0.4, 0.5) is 4.39 Å². The number of carbonyl (C=O) groups excluding carboxylic acids is 2. The Morgan fingerprint density at radius 2 is 1.94 bits per heavy atom. The number of halogens is 1. The van der Waals surface area contributed by atoms with Crippen molar-refractivity contribution in [3.05, 3.63) is 59.4 Å². The standard InChI is InChI=1S/C23H24FN3O4/c1-5-13-31-21-17(7-6-8-19(21)30-4)14-25-27-23(29)20(15(2)3)26-22(28)16-9-11-18(24)12-10-16/h1,6-12,14-15,20H,13H2,2-4H3,(H,26,28)(H,27,29). The molecule has 0 saturated carbocycles. The van der Waals surface area contributed by atoms with Crippen LogP contribution in [-0.4, -0.2) is 37.8 Å². The minimum Gasteiger partial charge on any atom is -0.493 e. The summed E-state index contributed by atoms with van der Waals surface area (Å²) in [5, 5.41) is 6.61. The SMILES string of the molecule is C#CCOc1c(C=NNC(=O)C(NC(=O)c2ccc(F)cc2)C(C)C)cccc1OC. The zero-order valence-corrected chi connectivity index (χ0v) is 17.5. The van der Waals surface area contributed by atoms with Gasteiger partial charge in [-0.2, -0.15) is 5.10 Å². The van der Waals surface area contributed by atoms with Crippen LogP contribution in [0.5, 0.6) is 11.5 Å². The molecule has 0 aliphatic carbocycles. The summed E-state index contributed by atoms with van der Waals surface area (Å²) in [6.45, 7) is 3.61. The number of terminal acetylenes is 1. The number of methoxy groups -OCH3 is 1. The van der Waals surface area contributed by atoms with Crippen molar-refractivity contribution in [2.45, 2.75) is 19.9 Å². The van der Waals surface area contributed by atoms with E-state index in [1.165, 1.54) is 37.6 Å². The number of benzene rings is 2. The van der Waals surface area contributed by atoms with Crippen molar-refractivity contribution in [1.82, 2.24) is 10.7 Å². The summed E-state index contributed by atoms with van der Waals surface area (Å²) in [6.07, 6.45) is 6.64. The first-order valence-electron chi connectivity index (χ1n) is 9.50. The maximum atomic E-state index is 13.1. The van der Waals surface area contributed by atoms with Crippen molar-refractivity contribution in [3.63, 3.8) is 0 Å². The molecule has 0 bridgehead atoms. The molecule has 0 radical (unpaired) electrons. The van der Waals surface area contributed by atoms with Gasteiger partial charge in [-0.1, -0.05) is 25.8 Å². The molecule has 0 aliphatic heterocycles. The number of nitrogens with one attached hydrogen (secondary N) is 2. The molecule has 0 spiro atoms. The smallest absolute Gasteiger partial charge is 0.262 e. The number of para-hydroxylation sites is 1. The molecule has 0 fully saturated rings. The van der Waals surface area contributed by atoms with Gasteiger partial charge in [-0.15, -0.1) is 6.42 Å². The van der Waals surface area contributed by atoms with Crippen LogP contribution >= 0.6 is 0 Å². The monoisotopic (exact) mass is 425 g/mol. The third-order valence-corrected chi connectivity index (χ3v) is 4.25. The molecular weight excluding hydrogens is 401 g/mol. The molecule has 0 aliphatic rings. The van der Waals surface area contributed by atoms with Crippen LogP contribution < -0.4 is 20.2 Å². The van der Waals surface area contributed by atoms with Gasteiger partial charge < -0.3 is 14.8 Å². The van der Waals surface area contributed by atoms with Gasteiger partial charge in [0.1, 0.15) is 18.5 Å². The van der Waals surface area contributed by atoms with E-state index >= 15 is 0 Å². The highest BCUT2D eigenvalue weighted by molar-refractivity contribution is 5.97. The predicted octanol–water partition coefficient (Wildman–Crippen LogP) is 2.75. The number of nitrogens with zero attached hydrogens (tertiary/aromatic N) is 1. The number of hydrogen-bond acceptors (Lipinski definition) is 5. The Labute approximate surface area is 180 Å². The molecule has 8 heteroatoms. The van der Waals surface area contributed by atoms with Crippen molar-refractivity contribution in [2.75, 3.05) is 13.7 Å². The van der Waals surface area contributed by atoms with Crippen LogP contribution in [0.15, 0.2) is 47.6 Å². The molecule has 0 heterocycles. The summed E-state index contributed by atoms with van der Waals surface area (Å²) in [6, 6.07) is 9.37. The Hall–Kier alpha value is -3.86. The minimum absolute atomic E-state index is 0.0401. The van der Waals surface area contributed by atoms with Crippen molar-refractivity contribution in [1.29, 1.82) is 0 Å². The van der Waals surface area contributed by atoms with Gasteiger partial charge in [0, 0.05) is 11.1 Å². The molecule has 2 aromatic rings. The molecule has 2 aromatic carbocycles. The Balaban J connectivity index is 2.10. The van der Waals surface area contributed by atoms with Crippen LogP contribution in [0.3, 0.4) is 0 Å². The molecule has 0 aromatic heterocycles. The van der Waals surface area contributed by atoms with Crippen LogP contribution in [0.25, 0.3) is 0 Å². The van der Waals surface area contributed by atoms with Crippen LogP contribution in [0.1, 0.15) is 29.8 Å². The zero-order valence-electron chi connectivity index (χ0n) is 17.5. The van der Waals surface area contributed by atoms with Crippen LogP contribution in [0.2, 0.25) is 0 Å². The Morgan fingerprint density at radius 1 is 1.23 bits per heavy atom. The van der Waals surface area contributed by atoms with Crippen molar-refractivity contribution < 1.29 is 23.5 Å². The van der Waals surface area contributed by atoms with Crippen molar-refractivity contribution in [2.24, 2.45) is 11.0 Å². The first-order chi connectivity index (χ1) is 14.9. The van der Waals surface area contributed by atoms with Gasteiger partial charge >= 0.3 is 0 Å². The summed E-state index contributed by atoms with van der Waals surface area (Å²) in [5.41, 5.74) is 3.21. The summed E-state index contributed by atoms with van der Waals surface area (Å²) < 4.78 is 23.8.